The molecule has 17 heavy (non-hydrogen) atoms. The van der Waals surface area contributed by atoms with Gasteiger partial charge >= 0.3 is 0 Å². The molecule has 0 aliphatic rings. The van der Waals surface area contributed by atoms with Crippen molar-refractivity contribution < 1.29 is 0 Å². The Morgan fingerprint density at radius 3 is 2.94 bits per heavy atom. The third kappa shape index (κ3) is 3.09. The molecule has 0 atom stereocenters. The first kappa shape index (κ1) is 12.2. The first-order valence-corrected chi connectivity index (χ1v) is 6.41. The van der Waals surface area contributed by atoms with Gasteiger partial charge in [-0.05, 0) is 52.5 Å². The van der Waals surface area contributed by atoms with Crippen LogP contribution in [0.15, 0.2) is 35.2 Å². The van der Waals surface area contributed by atoms with Crippen molar-refractivity contribution in [3.63, 3.8) is 0 Å². The average molecular weight is 294 g/mol. The van der Waals surface area contributed by atoms with E-state index in [9.17, 15) is 0 Å². The fraction of sp³-hybridized carbons (Fsp3) is 0.308. The summed E-state index contributed by atoms with van der Waals surface area (Å²) in [6.45, 7) is 3.05. The number of nitrogens with zero attached hydrogens (tertiary/aromatic N) is 2. The Bertz CT molecular complexity index is 479. The normalized spacial score (nSPS) is 10.5. The molecule has 0 spiro atoms. The van der Waals surface area contributed by atoms with Gasteiger partial charge in [-0.15, -0.1) is 0 Å². The maximum atomic E-state index is 4.45. The molecule has 0 unspecified atom stereocenters. The predicted molar refractivity (Wildman–Crippen MR) is 74.4 cm³/mol. The van der Waals surface area contributed by atoms with Crippen molar-refractivity contribution in [1.82, 2.24) is 9.97 Å². The first-order chi connectivity index (χ1) is 8.16. The van der Waals surface area contributed by atoms with E-state index in [0.717, 1.165) is 23.3 Å². The summed E-state index contributed by atoms with van der Waals surface area (Å²) in [5, 5.41) is 0. The minimum atomic E-state index is 0.966. The third-order valence-electron chi connectivity index (χ3n) is 2.78. The number of H-pyrrole nitrogens is 1. The van der Waals surface area contributed by atoms with Gasteiger partial charge < -0.3 is 9.88 Å². The van der Waals surface area contributed by atoms with Crippen LogP contribution >= 0.6 is 15.9 Å². The molecule has 2 rings (SSSR count). The second-order valence-electron chi connectivity index (χ2n) is 4.18. The van der Waals surface area contributed by atoms with Crippen molar-refractivity contribution in [1.29, 1.82) is 0 Å². The molecule has 90 valence electrons. The summed E-state index contributed by atoms with van der Waals surface area (Å²) >= 11 is 3.43. The van der Waals surface area contributed by atoms with Gasteiger partial charge in [0.05, 0.1) is 0 Å². The van der Waals surface area contributed by atoms with E-state index in [0.29, 0.717) is 0 Å². The van der Waals surface area contributed by atoms with E-state index >= 15 is 0 Å². The van der Waals surface area contributed by atoms with Crippen molar-refractivity contribution >= 4 is 21.7 Å². The van der Waals surface area contributed by atoms with Crippen molar-refractivity contribution in [3.8, 4) is 0 Å². The zero-order valence-corrected chi connectivity index (χ0v) is 11.7. The number of aryl methyl sites for hydroxylation is 1. The van der Waals surface area contributed by atoms with Crippen LogP contribution in [-0.4, -0.2) is 23.6 Å². The standard InChI is InChI=1S/C13H16BrN3/c1-10-7-12(14)9-16-13(10)17(2)6-4-11-3-5-15-8-11/h3,5,7-9,15H,4,6H2,1-2H3. The van der Waals surface area contributed by atoms with Gasteiger partial charge in [0.15, 0.2) is 0 Å². The van der Waals surface area contributed by atoms with E-state index in [1.54, 1.807) is 0 Å². The summed E-state index contributed by atoms with van der Waals surface area (Å²) in [4.78, 5) is 9.71. The zero-order chi connectivity index (χ0) is 12.3. The molecule has 0 saturated heterocycles. The largest absolute Gasteiger partial charge is 0.367 e. The van der Waals surface area contributed by atoms with Crippen LogP contribution in [-0.2, 0) is 6.42 Å². The average Bonchev–Trinajstić information content (AvgIpc) is 2.78. The molecule has 0 fully saturated rings. The summed E-state index contributed by atoms with van der Waals surface area (Å²) in [5.41, 5.74) is 2.52. The van der Waals surface area contributed by atoms with E-state index in [1.165, 1.54) is 11.1 Å². The summed E-state index contributed by atoms with van der Waals surface area (Å²) in [6.07, 6.45) is 6.86. The fourth-order valence-corrected chi connectivity index (χ4v) is 2.30. The molecule has 0 amide bonds. The van der Waals surface area contributed by atoms with Crippen LogP contribution in [0.25, 0.3) is 0 Å². The second-order valence-corrected chi connectivity index (χ2v) is 5.10. The van der Waals surface area contributed by atoms with Crippen LogP contribution in [0.4, 0.5) is 5.82 Å². The predicted octanol–water partition coefficient (Wildman–Crippen LogP) is 3.16. The lowest BCUT2D eigenvalue weighted by molar-refractivity contribution is 0.855. The highest BCUT2D eigenvalue weighted by Gasteiger charge is 2.06. The topological polar surface area (TPSA) is 31.9 Å². The lowest BCUT2D eigenvalue weighted by Crippen LogP contribution is -2.22. The Kier molecular flexibility index (Phi) is 3.84. The highest BCUT2D eigenvalue weighted by molar-refractivity contribution is 9.10. The zero-order valence-electron chi connectivity index (χ0n) is 10.1. The van der Waals surface area contributed by atoms with E-state index < -0.39 is 0 Å². The van der Waals surface area contributed by atoms with Crippen molar-refractivity contribution in [3.05, 3.63) is 46.3 Å². The molecular formula is C13H16BrN3. The van der Waals surface area contributed by atoms with E-state index in [4.69, 9.17) is 0 Å². The van der Waals surface area contributed by atoms with E-state index in [2.05, 4.69) is 56.9 Å². The van der Waals surface area contributed by atoms with Gasteiger partial charge in [-0.3, -0.25) is 0 Å². The Morgan fingerprint density at radius 2 is 2.29 bits per heavy atom. The minimum Gasteiger partial charge on any atom is -0.367 e. The maximum absolute atomic E-state index is 4.45. The molecule has 0 aromatic carbocycles. The van der Waals surface area contributed by atoms with Crippen molar-refractivity contribution in [2.24, 2.45) is 0 Å². The second kappa shape index (κ2) is 5.36. The van der Waals surface area contributed by atoms with Gasteiger partial charge in [0.1, 0.15) is 5.82 Å². The van der Waals surface area contributed by atoms with Gasteiger partial charge in [-0.1, -0.05) is 0 Å². The smallest absolute Gasteiger partial charge is 0.131 e. The molecule has 3 nitrogen and oxygen atoms in total. The van der Waals surface area contributed by atoms with Crippen LogP contribution in [0.3, 0.4) is 0 Å². The highest BCUT2D eigenvalue weighted by atomic mass is 79.9. The van der Waals surface area contributed by atoms with E-state index in [-0.39, 0.29) is 0 Å². The molecule has 0 bridgehead atoms. The number of rotatable bonds is 4. The summed E-state index contributed by atoms with van der Waals surface area (Å²) in [7, 11) is 2.08. The number of pyridine rings is 1. The Hall–Kier alpha value is -1.29. The summed E-state index contributed by atoms with van der Waals surface area (Å²) < 4.78 is 1.03. The number of anilines is 1. The van der Waals surface area contributed by atoms with Gasteiger partial charge in [-0.25, -0.2) is 4.98 Å². The molecule has 2 aromatic heterocycles. The third-order valence-corrected chi connectivity index (χ3v) is 3.21. The summed E-state index contributed by atoms with van der Waals surface area (Å²) in [6, 6.07) is 4.20. The molecular weight excluding hydrogens is 278 g/mol. The fourth-order valence-electron chi connectivity index (χ4n) is 1.85. The summed E-state index contributed by atoms with van der Waals surface area (Å²) in [5.74, 6) is 1.05. The monoisotopic (exact) mass is 293 g/mol. The molecule has 0 aliphatic carbocycles. The maximum Gasteiger partial charge on any atom is 0.131 e. The molecule has 1 N–H and O–H groups in total. The highest BCUT2D eigenvalue weighted by Crippen LogP contribution is 2.19. The number of hydrogen-bond donors (Lipinski definition) is 1. The molecule has 2 aromatic rings. The Morgan fingerprint density at radius 1 is 1.47 bits per heavy atom. The number of likely N-dealkylation sites (N-methyl/N-ethyl adjacent to an activating group) is 1. The van der Waals surface area contributed by atoms with Crippen LogP contribution in [0, 0.1) is 6.92 Å². The quantitative estimate of drug-likeness (QED) is 0.939. The Labute approximate surface area is 110 Å². The Balaban J connectivity index is 2.01. The number of aromatic amines is 1. The van der Waals surface area contributed by atoms with E-state index in [1.807, 2.05) is 18.6 Å². The lowest BCUT2D eigenvalue weighted by atomic mass is 10.2. The van der Waals surface area contributed by atoms with Gasteiger partial charge in [0.2, 0.25) is 0 Å². The molecule has 4 heteroatoms. The SMILES string of the molecule is Cc1cc(Br)cnc1N(C)CCc1cc[nH]c1. The number of hydrogen-bond acceptors (Lipinski definition) is 2. The van der Waals surface area contributed by atoms with Crippen molar-refractivity contribution in [2.75, 3.05) is 18.5 Å². The van der Waals surface area contributed by atoms with Crippen LogP contribution in [0.5, 0.6) is 0 Å². The van der Waals surface area contributed by atoms with Crippen LogP contribution in [0.2, 0.25) is 0 Å². The number of aromatic nitrogens is 2. The van der Waals surface area contributed by atoms with Crippen LogP contribution < -0.4 is 4.90 Å². The van der Waals surface area contributed by atoms with Crippen LogP contribution in [0.1, 0.15) is 11.1 Å². The molecule has 0 saturated carbocycles. The molecule has 2 heterocycles. The number of halogens is 1. The lowest BCUT2D eigenvalue weighted by Gasteiger charge is -2.19. The first-order valence-electron chi connectivity index (χ1n) is 5.62. The van der Waals surface area contributed by atoms with Gasteiger partial charge in [0, 0.05) is 36.7 Å². The molecule has 0 radical (unpaired) electrons. The number of nitrogens with one attached hydrogen (secondary N) is 1. The molecule has 0 aliphatic heterocycles. The van der Waals surface area contributed by atoms with Crippen molar-refractivity contribution in [2.45, 2.75) is 13.3 Å². The van der Waals surface area contributed by atoms with Gasteiger partial charge in [-0.2, -0.15) is 0 Å². The van der Waals surface area contributed by atoms with Gasteiger partial charge in [0.25, 0.3) is 0 Å². The minimum absolute atomic E-state index is 0.966.